The lowest BCUT2D eigenvalue weighted by Gasteiger charge is -2.30. The van der Waals surface area contributed by atoms with Gasteiger partial charge in [0.25, 0.3) is 0 Å². The summed E-state index contributed by atoms with van der Waals surface area (Å²) >= 11 is 0. The van der Waals surface area contributed by atoms with Crippen LogP contribution in [0.15, 0.2) is 0 Å². The molecule has 3 rings (SSSR count). The average Bonchev–Trinajstić information content (AvgIpc) is 2.88. The van der Waals surface area contributed by atoms with Crippen molar-refractivity contribution in [3.63, 3.8) is 0 Å². The van der Waals surface area contributed by atoms with Gasteiger partial charge in [-0.3, -0.25) is 4.79 Å². The molecule has 0 aromatic heterocycles. The lowest BCUT2D eigenvalue weighted by atomic mass is 9.86. The predicted octanol–water partition coefficient (Wildman–Crippen LogP) is 1.63. The zero-order valence-electron chi connectivity index (χ0n) is 10.5. The van der Waals surface area contributed by atoms with Crippen LogP contribution < -0.4 is 5.32 Å². The molecule has 0 radical (unpaired) electrons. The van der Waals surface area contributed by atoms with Crippen molar-refractivity contribution in [1.29, 1.82) is 0 Å². The van der Waals surface area contributed by atoms with E-state index in [2.05, 4.69) is 5.32 Å². The summed E-state index contributed by atoms with van der Waals surface area (Å²) in [7, 11) is 0. The van der Waals surface area contributed by atoms with Gasteiger partial charge in [0.15, 0.2) is 0 Å². The van der Waals surface area contributed by atoms with Crippen molar-refractivity contribution in [2.75, 3.05) is 19.6 Å². The van der Waals surface area contributed by atoms with Gasteiger partial charge in [0, 0.05) is 37.9 Å². The minimum absolute atomic E-state index is 0.113. The summed E-state index contributed by atoms with van der Waals surface area (Å²) in [5.41, 5.74) is 0. The minimum atomic E-state index is -2.54. The number of carbonyl (C=O) groups excluding carboxylic acids is 1. The van der Waals surface area contributed by atoms with Crippen LogP contribution in [0.5, 0.6) is 0 Å². The lowest BCUT2D eigenvalue weighted by molar-refractivity contribution is -0.138. The van der Waals surface area contributed by atoms with E-state index in [9.17, 15) is 13.6 Å². The first-order valence-electron chi connectivity index (χ1n) is 6.95. The molecule has 3 nitrogen and oxygen atoms in total. The smallest absolute Gasteiger partial charge is 0.248 e. The molecule has 3 aliphatic rings. The Bertz CT molecular complexity index is 326. The van der Waals surface area contributed by atoms with Crippen LogP contribution in [0.4, 0.5) is 8.78 Å². The van der Waals surface area contributed by atoms with E-state index in [1.165, 1.54) is 0 Å². The van der Waals surface area contributed by atoms with Gasteiger partial charge in [-0.1, -0.05) is 0 Å². The third-order valence-corrected chi connectivity index (χ3v) is 4.74. The van der Waals surface area contributed by atoms with Gasteiger partial charge in [-0.2, -0.15) is 0 Å². The number of halogens is 2. The Balaban J connectivity index is 1.56. The molecule has 0 aromatic rings. The summed E-state index contributed by atoms with van der Waals surface area (Å²) in [4.78, 5) is 14.2. The van der Waals surface area contributed by atoms with E-state index in [1.54, 1.807) is 0 Å². The van der Waals surface area contributed by atoms with Gasteiger partial charge in [0.1, 0.15) is 0 Å². The molecule has 2 heterocycles. The van der Waals surface area contributed by atoms with Crippen LogP contribution in [0.1, 0.15) is 32.1 Å². The second kappa shape index (κ2) is 4.44. The Kier molecular flexibility index (Phi) is 3.04. The molecule has 102 valence electrons. The molecule has 2 aliphatic heterocycles. The first-order valence-corrected chi connectivity index (χ1v) is 6.95. The maximum absolute atomic E-state index is 13.1. The zero-order valence-corrected chi connectivity index (χ0v) is 10.5. The van der Waals surface area contributed by atoms with E-state index in [4.69, 9.17) is 0 Å². The van der Waals surface area contributed by atoms with E-state index in [0.29, 0.717) is 24.8 Å². The molecule has 1 N–H and O–H groups in total. The largest absolute Gasteiger partial charge is 0.341 e. The molecule has 1 saturated carbocycles. The van der Waals surface area contributed by atoms with Gasteiger partial charge in [-0.15, -0.1) is 0 Å². The second-order valence-electron chi connectivity index (χ2n) is 5.98. The fourth-order valence-electron chi connectivity index (χ4n) is 3.57. The maximum Gasteiger partial charge on any atom is 0.248 e. The van der Waals surface area contributed by atoms with Crippen LogP contribution in [0, 0.1) is 11.8 Å². The number of likely N-dealkylation sites (tertiary alicyclic amines) is 1. The quantitative estimate of drug-likeness (QED) is 0.775. The van der Waals surface area contributed by atoms with Crippen LogP contribution in [0.25, 0.3) is 0 Å². The number of nitrogens with zero attached hydrogens (tertiary/aromatic N) is 1. The van der Waals surface area contributed by atoms with Crippen molar-refractivity contribution < 1.29 is 13.6 Å². The first kappa shape index (κ1) is 12.3. The Morgan fingerprint density at radius 2 is 1.89 bits per heavy atom. The third-order valence-electron chi connectivity index (χ3n) is 4.74. The van der Waals surface area contributed by atoms with Crippen molar-refractivity contribution in [2.24, 2.45) is 11.8 Å². The molecular formula is C13H20F2N2O. The number of hydrogen-bond donors (Lipinski definition) is 1. The summed E-state index contributed by atoms with van der Waals surface area (Å²) in [5, 5.41) is 3.41. The number of alkyl halides is 2. The summed E-state index contributed by atoms with van der Waals surface area (Å²) in [6, 6.07) is 0.444. The molecule has 1 aliphatic carbocycles. The summed E-state index contributed by atoms with van der Waals surface area (Å²) in [6.45, 7) is 2.65. The van der Waals surface area contributed by atoms with Gasteiger partial charge in [0.05, 0.1) is 0 Å². The van der Waals surface area contributed by atoms with Gasteiger partial charge >= 0.3 is 0 Å². The normalized spacial score (nSPS) is 35.8. The summed E-state index contributed by atoms with van der Waals surface area (Å²) in [6.07, 6.45) is 1.60. The number of hydrogen-bond acceptors (Lipinski definition) is 2. The van der Waals surface area contributed by atoms with E-state index in [0.717, 1.165) is 26.1 Å². The highest BCUT2D eigenvalue weighted by Crippen LogP contribution is 2.37. The fraction of sp³-hybridized carbons (Fsp3) is 0.923. The number of nitrogens with one attached hydrogen (secondary N) is 1. The van der Waals surface area contributed by atoms with E-state index >= 15 is 0 Å². The number of rotatable bonds is 1. The highest BCUT2D eigenvalue weighted by molar-refractivity contribution is 5.79. The Morgan fingerprint density at radius 3 is 2.56 bits per heavy atom. The molecule has 0 aromatic carbocycles. The second-order valence-corrected chi connectivity index (χ2v) is 5.98. The van der Waals surface area contributed by atoms with E-state index in [1.807, 2.05) is 4.90 Å². The van der Waals surface area contributed by atoms with Crippen LogP contribution in [0.2, 0.25) is 0 Å². The molecule has 1 amide bonds. The standard InChI is InChI=1S/C13H20F2N2O/c14-13(15)4-1-9(2-5-13)12(18)17-7-10-3-6-16-11(10)8-17/h9-11,16H,1-8H2/t10-,11+/m0/s1. The summed E-state index contributed by atoms with van der Waals surface area (Å²) in [5.74, 6) is -2.01. The monoisotopic (exact) mass is 258 g/mol. The molecule has 0 spiro atoms. The minimum Gasteiger partial charge on any atom is -0.341 e. The molecule has 2 saturated heterocycles. The molecule has 18 heavy (non-hydrogen) atoms. The fourth-order valence-corrected chi connectivity index (χ4v) is 3.57. The highest BCUT2D eigenvalue weighted by Gasteiger charge is 2.42. The average molecular weight is 258 g/mol. The molecule has 0 unspecified atom stereocenters. The van der Waals surface area contributed by atoms with Crippen molar-refractivity contribution in [3.05, 3.63) is 0 Å². The Morgan fingerprint density at radius 1 is 1.17 bits per heavy atom. The van der Waals surface area contributed by atoms with E-state index in [-0.39, 0.29) is 24.7 Å². The Labute approximate surface area is 106 Å². The zero-order chi connectivity index (χ0) is 12.8. The molecule has 3 fully saturated rings. The van der Waals surface area contributed by atoms with Crippen molar-refractivity contribution in [2.45, 2.75) is 44.1 Å². The van der Waals surface area contributed by atoms with Gasteiger partial charge in [0.2, 0.25) is 11.8 Å². The lowest BCUT2D eigenvalue weighted by Crippen LogP contribution is -2.40. The maximum atomic E-state index is 13.1. The Hall–Kier alpha value is -0.710. The van der Waals surface area contributed by atoms with Crippen molar-refractivity contribution in [1.82, 2.24) is 10.2 Å². The molecule has 5 heteroatoms. The molecular weight excluding hydrogens is 238 g/mol. The third kappa shape index (κ3) is 2.25. The first-order chi connectivity index (χ1) is 8.55. The predicted molar refractivity (Wildman–Crippen MR) is 63.4 cm³/mol. The van der Waals surface area contributed by atoms with Crippen LogP contribution in [-0.2, 0) is 4.79 Å². The van der Waals surface area contributed by atoms with Gasteiger partial charge in [-0.05, 0) is 31.7 Å². The van der Waals surface area contributed by atoms with Gasteiger partial charge < -0.3 is 10.2 Å². The SMILES string of the molecule is O=C(C1CCC(F)(F)CC1)N1C[C@@H]2CCN[C@@H]2C1. The number of carbonyl (C=O) groups is 1. The van der Waals surface area contributed by atoms with Crippen molar-refractivity contribution >= 4 is 5.91 Å². The number of fused-ring (bicyclic) bond motifs is 1. The van der Waals surface area contributed by atoms with Crippen LogP contribution in [0.3, 0.4) is 0 Å². The molecule has 0 bridgehead atoms. The molecule has 2 atom stereocenters. The highest BCUT2D eigenvalue weighted by atomic mass is 19.3. The number of amides is 1. The summed E-state index contributed by atoms with van der Waals surface area (Å²) < 4.78 is 26.1. The topological polar surface area (TPSA) is 32.3 Å². The van der Waals surface area contributed by atoms with Crippen LogP contribution >= 0.6 is 0 Å². The van der Waals surface area contributed by atoms with E-state index < -0.39 is 5.92 Å². The van der Waals surface area contributed by atoms with Gasteiger partial charge in [-0.25, -0.2) is 8.78 Å². The van der Waals surface area contributed by atoms with Crippen molar-refractivity contribution in [3.8, 4) is 0 Å². The van der Waals surface area contributed by atoms with Crippen LogP contribution in [-0.4, -0.2) is 42.4 Å².